The quantitative estimate of drug-likeness (QED) is 0.318. The zero-order valence-corrected chi connectivity index (χ0v) is 21.5. The van der Waals surface area contributed by atoms with Crippen molar-refractivity contribution in [3.63, 3.8) is 0 Å². The van der Waals surface area contributed by atoms with Crippen LogP contribution in [0, 0.1) is 0 Å². The Morgan fingerprint density at radius 3 is 2.36 bits per heavy atom. The zero-order chi connectivity index (χ0) is 26.2. The number of pyridine rings is 1. The van der Waals surface area contributed by atoms with Crippen molar-refractivity contribution in [3.05, 3.63) is 75.6 Å². The number of nitrogens with zero attached hydrogens (tertiary/aromatic N) is 2. The van der Waals surface area contributed by atoms with Crippen LogP contribution < -0.4 is 9.64 Å². The van der Waals surface area contributed by atoms with Crippen LogP contribution in [0.1, 0.15) is 41.6 Å². The molecule has 190 valence electrons. The van der Waals surface area contributed by atoms with E-state index < -0.39 is 17.8 Å². The van der Waals surface area contributed by atoms with Crippen LogP contribution in [0.2, 0.25) is 10.0 Å². The average molecular weight is 533 g/mol. The van der Waals surface area contributed by atoms with E-state index in [0.29, 0.717) is 41.0 Å². The third-order valence-corrected chi connectivity index (χ3v) is 6.21. The third-order valence-electron chi connectivity index (χ3n) is 5.61. The molecule has 10 heteroatoms. The van der Waals surface area contributed by atoms with Gasteiger partial charge in [-0.2, -0.15) is 0 Å². The number of carbonyl (C=O) groups is 3. The monoisotopic (exact) mass is 532 g/mol. The van der Waals surface area contributed by atoms with Gasteiger partial charge >= 0.3 is 11.9 Å². The molecule has 8 nitrogen and oxygen atoms in total. The predicted molar refractivity (Wildman–Crippen MR) is 136 cm³/mol. The van der Waals surface area contributed by atoms with Gasteiger partial charge in [0.05, 0.1) is 42.1 Å². The van der Waals surface area contributed by atoms with Crippen molar-refractivity contribution in [3.8, 4) is 5.75 Å². The Morgan fingerprint density at radius 2 is 1.69 bits per heavy atom. The van der Waals surface area contributed by atoms with Crippen molar-refractivity contribution >= 4 is 46.7 Å². The summed E-state index contributed by atoms with van der Waals surface area (Å²) in [5, 5.41) is 0.465. The van der Waals surface area contributed by atoms with Gasteiger partial charge in [0.15, 0.2) is 0 Å². The number of aromatic nitrogens is 1. The lowest BCUT2D eigenvalue weighted by atomic mass is 9.90. The molecule has 0 atom stereocenters. The molecule has 1 aromatic carbocycles. The number of amides is 1. The highest BCUT2D eigenvalue weighted by Gasteiger charge is 2.30. The highest BCUT2D eigenvalue weighted by Crippen LogP contribution is 2.39. The number of hydrogen-bond acceptors (Lipinski definition) is 7. The first-order chi connectivity index (χ1) is 17.3. The maximum absolute atomic E-state index is 14.0. The van der Waals surface area contributed by atoms with Gasteiger partial charge in [0.2, 0.25) is 0 Å². The highest BCUT2D eigenvalue weighted by molar-refractivity contribution is 6.37. The first-order valence-corrected chi connectivity index (χ1v) is 11.9. The van der Waals surface area contributed by atoms with Gasteiger partial charge in [-0.25, -0.2) is 9.59 Å². The van der Waals surface area contributed by atoms with E-state index in [1.54, 1.807) is 18.2 Å². The largest absolute Gasteiger partial charge is 0.488 e. The standard InChI is InChI=1S/C26H26Cl2N2O6/c1-4-9-36-23-12-22(20(27)11-21(23)28)30(15-16-10-17(14-29-13-16)25(32)34-2)24(31)18-7-5-6-8-19(18)26(33)35-3/h4,10-14H,1,5-9,15H2,2-3H3. The molecule has 0 bridgehead atoms. The molecule has 2 aromatic rings. The Kier molecular flexibility index (Phi) is 9.50. The first kappa shape index (κ1) is 27.2. The lowest BCUT2D eigenvalue weighted by Gasteiger charge is -2.28. The smallest absolute Gasteiger partial charge is 0.339 e. The molecule has 0 unspecified atom stereocenters. The van der Waals surface area contributed by atoms with Crippen molar-refractivity contribution in [2.24, 2.45) is 0 Å². The summed E-state index contributed by atoms with van der Waals surface area (Å²) in [6.07, 6.45) is 6.82. The van der Waals surface area contributed by atoms with Crippen LogP contribution >= 0.6 is 23.2 Å². The minimum atomic E-state index is -0.560. The number of anilines is 1. The number of esters is 2. The Labute approximate surface area is 219 Å². The van der Waals surface area contributed by atoms with Crippen LogP contribution in [0.25, 0.3) is 0 Å². The molecule has 0 saturated heterocycles. The number of benzene rings is 1. The molecule has 0 N–H and O–H groups in total. The van der Waals surface area contributed by atoms with Gasteiger partial charge in [-0.1, -0.05) is 35.9 Å². The van der Waals surface area contributed by atoms with E-state index in [9.17, 15) is 14.4 Å². The van der Waals surface area contributed by atoms with E-state index in [1.165, 1.54) is 37.6 Å². The van der Waals surface area contributed by atoms with Crippen molar-refractivity contribution in [1.29, 1.82) is 0 Å². The minimum absolute atomic E-state index is 0.00310. The lowest BCUT2D eigenvalue weighted by Crippen LogP contribution is -2.34. The molecule has 1 aliphatic rings. The second-order valence-electron chi connectivity index (χ2n) is 7.95. The van der Waals surface area contributed by atoms with E-state index in [4.69, 9.17) is 37.4 Å². The highest BCUT2D eigenvalue weighted by atomic mass is 35.5. The molecule has 1 heterocycles. The molecule has 0 radical (unpaired) electrons. The van der Waals surface area contributed by atoms with Gasteiger partial charge in [-0.15, -0.1) is 0 Å². The molecule has 1 amide bonds. The molecular formula is C26H26Cl2N2O6. The summed E-state index contributed by atoms with van der Waals surface area (Å²) in [7, 11) is 2.56. The second-order valence-corrected chi connectivity index (χ2v) is 8.77. The molecule has 36 heavy (non-hydrogen) atoms. The van der Waals surface area contributed by atoms with Crippen molar-refractivity contribution in [2.45, 2.75) is 32.2 Å². The fourth-order valence-corrected chi connectivity index (χ4v) is 4.43. The van der Waals surface area contributed by atoms with Crippen molar-refractivity contribution in [1.82, 2.24) is 4.98 Å². The fourth-order valence-electron chi connectivity index (χ4n) is 3.89. The summed E-state index contributed by atoms with van der Waals surface area (Å²) in [4.78, 5) is 44.0. The van der Waals surface area contributed by atoms with E-state index in [-0.39, 0.29) is 28.8 Å². The number of methoxy groups -OCH3 is 2. The van der Waals surface area contributed by atoms with E-state index in [1.807, 2.05) is 0 Å². The van der Waals surface area contributed by atoms with Gasteiger partial charge in [-0.05, 0) is 43.4 Å². The second kappa shape index (κ2) is 12.6. The van der Waals surface area contributed by atoms with E-state index in [0.717, 1.165) is 12.8 Å². The summed E-state index contributed by atoms with van der Waals surface area (Å²) < 4.78 is 15.4. The summed E-state index contributed by atoms with van der Waals surface area (Å²) in [5.41, 5.74) is 1.78. The number of hydrogen-bond donors (Lipinski definition) is 0. The molecule has 1 aliphatic carbocycles. The topological polar surface area (TPSA) is 95.0 Å². The fraction of sp³-hybridized carbons (Fsp3) is 0.308. The van der Waals surface area contributed by atoms with Crippen LogP contribution in [-0.2, 0) is 25.6 Å². The SMILES string of the molecule is C=CCOc1cc(N(Cc2cncc(C(=O)OC)c2)C(=O)C2=C(C(=O)OC)CCCC2)c(Cl)cc1Cl. The molecule has 0 saturated carbocycles. The van der Waals surface area contributed by atoms with Crippen LogP contribution in [0.5, 0.6) is 5.75 Å². The molecule has 3 rings (SSSR count). The molecule has 1 aromatic heterocycles. The normalized spacial score (nSPS) is 13.1. The van der Waals surface area contributed by atoms with Crippen LogP contribution in [0.15, 0.2) is 54.4 Å². The number of carbonyl (C=O) groups excluding carboxylic acids is 3. The van der Waals surface area contributed by atoms with Crippen molar-refractivity contribution in [2.75, 3.05) is 25.7 Å². The first-order valence-electron chi connectivity index (χ1n) is 11.2. The number of halogens is 2. The number of ether oxygens (including phenoxy) is 3. The summed E-state index contributed by atoms with van der Waals surface area (Å²) in [5.74, 6) is -1.21. The Balaban J connectivity index is 2.14. The van der Waals surface area contributed by atoms with Gasteiger partial charge in [0.25, 0.3) is 5.91 Å². The van der Waals surface area contributed by atoms with Crippen LogP contribution in [0.3, 0.4) is 0 Å². The maximum atomic E-state index is 14.0. The van der Waals surface area contributed by atoms with Gasteiger partial charge in [-0.3, -0.25) is 9.78 Å². The molecule has 0 fully saturated rings. The average Bonchev–Trinajstić information content (AvgIpc) is 2.90. The Hall–Kier alpha value is -3.36. The molecule has 0 aliphatic heterocycles. The maximum Gasteiger partial charge on any atom is 0.339 e. The zero-order valence-electron chi connectivity index (χ0n) is 20.0. The van der Waals surface area contributed by atoms with Gasteiger partial charge in [0.1, 0.15) is 12.4 Å². The summed E-state index contributed by atoms with van der Waals surface area (Å²) in [6, 6.07) is 4.62. The van der Waals surface area contributed by atoms with E-state index >= 15 is 0 Å². The van der Waals surface area contributed by atoms with E-state index in [2.05, 4.69) is 11.6 Å². The Bertz CT molecular complexity index is 1210. The molecule has 0 spiro atoms. The van der Waals surface area contributed by atoms with Crippen LogP contribution in [-0.4, -0.2) is 43.7 Å². The van der Waals surface area contributed by atoms with Crippen LogP contribution in [0.4, 0.5) is 5.69 Å². The third kappa shape index (κ3) is 6.25. The Morgan fingerprint density at radius 1 is 1.00 bits per heavy atom. The van der Waals surface area contributed by atoms with Gasteiger partial charge < -0.3 is 19.1 Å². The molecular weight excluding hydrogens is 507 g/mol. The predicted octanol–water partition coefficient (Wildman–Crippen LogP) is 5.32. The summed E-state index contributed by atoms with van der Waals surface area (Å²) >= 11 is 12.9. The van der Waals surface area contributed by atoms with Crippen molar-refractivity contribution < 1.29 is 28.6 Å². The number of rotatable bonds is 9. The van der Waals surface area contributed by atoms with Gasteiger partial charge in [0, 0.05) is 29.6 Å². The summed E-state index contributed by atoms with van der Waals surface area (Å²) in [6.45, 7) is 3.82. The minimum Gasteiger partial charge on any atom is -0.488 e. The lowest BCUT2D eigenvalue weighted by molar-refractivity contribution is -0.136.